The molecule has 0 saturated heterocycles. The molecular weight excluding hydrogens is 288 g/mol. The van der Waals surface area contributed by atoms with Crippen LogP contribution in [0.15, 0.2) is 0 Å². The zero-order valence-electron chi connectivity index (χ0n) is 15.8. The van der Waals surface area contributed by atoms with Gasteiger partial charge in [0.05, 0.1) is 0 Å². The van der Waals surface area contributed by atoms with E-state index in [9.17, 15) is 9.59 Å². The molecule has 0 atom stereocenters. The molecule has 0 aliphatic rings. The standard InChI is InChI=1S/C19H38N2O2/c1-5-19(2,3)18(23)21-16-14-12-10-8-6-7-9-11-13-15-17(22)20-4/h5-16H2,1-4H3,(H,20,22)(H,21,23). The van der Waals surface area contributed by atoms with Crippen LogP contribution in [0.25, 0.3) is 0 Å². The van der Waals surface area contributed by atoms with Gasteiger partial charge in [-0.15, -0.1) is 0 Å². The van der Waals surface area contributed by atoms with Crippen molar-refractivity contribution in [2.75, 3.05) is 13.6 Å². The number of hydrogen-bond donors (Lipinski definition) is 2. The summed E-state index contributed by atoms with van der Waals surface area (Å²) in [5.41, 5.74) is -0.238. The number of rotatable bonds is 14. The summed E-state index contributed by atoms with van der Waals surface area (Å²) in [6.45, 7) is 6.86. The molecule has 0 saturated carbocycles. The molecule has 0 fully saturated rings. The highest BCUT2D eigenvalue weighted by Gasteiger charge is 2.24. The molecule has 0 aromatic rings. The van der Waals surface area contributed by atoms with Crippen LogP contribution in [0, 0.1) is 5.41 Å². The van der Waals surface area contributed by atoms with Gasteiger partial charge < -0.3 is 10.6 Å². The molecule has 0 rings (SSSR count). The van der Waals surface area contributed by atoms with E-state index in [-0.39, 0.29) is 17.2 Å². The Morgan fingerprint density at radius 3 is 1.78 bits per heavy atom. The van der Waals surface area contributed by atoms with Crippen LogP contribution < -0.4 is 10.6 Å². The van der Waals surface area contributed by atoms with Gasteiger partial charge in [0.25, 0.3) is 0 Å². The summed E-state index contributed by atoms with van der Waals surface area (Å²) in [4.78, 5) is 22.9. The molecule has 136 valence electrons. The fourth-order valence-corrected chi connectivity index (χ4v) is 2.37. The Morgan fingerprint density at radius 1 is 0.826 bits per heavy atom. The fourth-order valence-electron chi connectivity index (χ4n) is 2.37. The maximum Gasteiger partial charge on any atom is 0.225 e. The molecule has 0 unspecified atom stereocenters. The molecular formula is C19H38N2O2. The van der Waals surface area contributed by atoms with Gasteiger partial charge in [0.2, 0.25) is 11.8 Å². The molecule has 0 heterocycles. The molecule has 0 aliphatic carbocycles. The number of hydrogen-bond acceptors (Lipinski definition) is 2. The Labute approximate surface area is 143 Å². The number of carbonyl (C=O) groups is 2. The Morgan fingerprint density at radius 2 is 1.30 bits per heavy atom. The summed E-state index contributed by atoms with van der Waals surface area (Å²) in [5.74, 6) is 0.330. The number of unbranched alkanes of at least 4 members (excludes halogenated alkanes) is 8. The summed E-state index contributed by atoms with van der Waals surface area (Å²) in [7, 11) is 1.69. The highest BCUT2D eigenvalue weighted by atomic mass is 16.2. The summed E-state index contributed by atoms with van der Waals surface area (Å²) in [6, 6.07) is 0. The van der Waals surface area contributed by atoms with Gasteiger partial charge in [-0.25, -0.2) is 0 Å². The van der Waals surface area contributed by atoms with Crippen molar-refractivity contribution in [1.29, 1.82) is 0 Å². The van der Waals surface area contributed by atoms with Gasteiger partial charge in [0.15, 0.2) is 0 Å². The van der Waals surface area contributed by atoms with Crippen LogP contribution in [-0.4, -0.2) is 25.4 Å². The monoisotopic (exact) mass is 326 g/mol. The van der Waals surface area contributed by atoms with Crippen molar-refractivity contribution in [3.05, 3.63) is 0 Å². The van der Waals surface area contributed by atoms with E-state index >= 15 is 0 Å². The highest BCUT2D eigenvalue weighted by Crippen LogP contribution is 2.19. The van der Waals surface area contributed by atoms with Crippen molar-refractivity contribution >= 4 is 11.8 Å². The van der Waals surface area contributed by atoms with Crippen LogP contribution in [0.4, 0.5) is 0 Å². The highest BCUT2D eigenvalue weighted by molar-refractivity contribution is 5.81. The van der Waals surface area contributed by atoms with Gasteiger partial charge in [-0.05, 0) is 19.3 Å². The minimum Gasteiger partial charge on any atom is -0.359 e. The Bertz CT molecular complexity index is 327. The second-order valence-corrected chi connectivity index (χ2v) is 7.10. The van der Waals surface area contributed by atoms with Crippen LogP contribution in [0.3, 0.4) is 0 Å². The molecule has 0 aromatic heterocycles. The van der Waals surface area contributed by atoms with Gasteiger partial charge in [-0.3, -0.25) is 9.59 Å². The number of amides is 2. The first-order chi connectivity index (χ1) is 10.9. The molecule has 0 aromatic carbocycles. The quantitative estimate of drug-likeness (QED) is 0.470. The predicted octanol–water partition coefficient (Wildman–Crippen LogP) is 4.19. The van der Waals surface area contributed by atoms with E-state index < -0.39 is 0 Å². The van der Waals surface area contributed by atoms with Gasteiger partial charge >= 0.3 is 0 Å². The Hall–Kier alpha value is -1.06. The van der Waals surface area contributed by atoms with Crippen LogP contribution >= 0.6 is 0 Å². The predicted molar refractivity (Wildman–Crippen MR) is 97.3 cm³/mol. The molecule has 0 radical (unpaired) electrons. The summed E-state index contributed by atoms with van der Waals surface area (Å²) in [6.07, 6.45) is 12.3. The normalized spacial score (nSPS) is 11.3. The van der Waals surface area contributed by atoms with E-state index in [0.717, 1.165) is 32.2 Å². The van der Waals surface area contributed by atoms with Crippen LogP contribution in [0.1, 0.15) is 91.4 Å². The molecule has 23 heavy (non-hydrogen) atoms. The van der Waals surface area contributed by atoms with E-state index in [4.69, 9.17) is 0 Å². The fraction of sp³-hybridized carbons (Fsp3) is 0.895. The van der Waals surface area contributed by atoms with Crippen LogP contribution in [0.5, 0.6) is 0 Å². The Kier molecular flexibility index (Phi) is 12.8. The van der Waals surface area contributed by atoms with E-state index in [0.29, 0.717) is 6.42 Å². The lowest BCUT2D eigenvalue weighted by atomic mass is 9.89. The third-order valence-corrected chi connectivity index (χ3v) is 4.64. The minimum absolute atomic E-state index is 0.152. The van der Waals surface area contributed by atoms with E-state index in [1.165, 1.54) is 38.5 Å². The average Bonchev–Trinajstić information content (AvgIpc) is 2.55. The van der Waals surface area contributed by atoms with Crippen molar-refractivity contribution in [2.45, 2.75) is 91.4 Å². The molecule has 0 bridgehead atoms. The first-order valence-corrected chi connectivity index (χ1v) is 9.43. The molecule has 4 heteroatoms. The molecule has 0 spiro atoms. The zero-order chi connectivity index (χ0) is 17.6. The lowest BCUT2D eigenvalue weighted by Gasteiger charge is -2.21. The van der Waals surface area contributed by atoms with E-state index in [1.807, 2.05) is 13.8 Å². The summed E-state index contributed by atoms with van der Waals surface area (Å²) in [5, 5.41) is 5.70. The van der Waals surface area contributed by atoms with E-state index in [2.05, 4.69) is 17.6 Å². The third-order valence-electron chi connectivity index (χ3n) is 4.64. The maximum atomic E-state index is 11.9. The van der Waals surface area contributed by atoms with Crippen molar-refractivity contribution in [3.63, 3.8) is 0 Å². The second-order valence-electron chi connectivity index (χ2n) is 7.10. The first-order valence-electron chi connectivity index (χ1n) is 9.43. The zero-order valence-corrected chi connectivity index (χ0v) is 15.8. The van der Waals surface area contributed by atoms with Crippen molar-refractivity contribution in [1.82, 2.24) is 10.6 Å². The van der Waals surface area contributed by atoms with Gasteiger partial charge in [0, 0.05) is 25.4 Å². The first kappa shape index (κ1) is 21.9. The number of nitrogens with one attached hydrogen (secondary N) is 2. The van der Waals surface area contributed by atoms with Gasteiger partial charge in [0.1, 0.15) is 0 Å². The Balaban J connectivity index is 3.28. The van der Waals surface area contributed by atoms with Gasteiger partial charge in [-0.1, -0.05) is 65.7 Å². The average molecular weight is 327 g/mol. The molecule has 2 N–H and O–H groups in total. The van der Waals surface area contributed by atoms with E-state index in [1.54, 1.807) is 7.05 Å². The third kappa shape index (κ3) is 12.1. The second kappa shape index (κ2) is 13.4. The van der Waals surface area contributed by atoms with Crippen LogP contribution in [-0.2, 0) is 9.59 Å². The van der Waals surface area contributed by atoms with Crippen molar-refractivity contribution < 1.29 is 9.59 Å². The van der Waals surface area contributed by atoms with Crippen molar-refractivity contribution in [3.8, 4) is 0 Å². The SMILES string of the molecule is CCC(C)(C)C(=O)NCCCCCCCCCCCC(=O)NC. The number of carbonyl (C=O) groups excluding carboxylic acids is 2. The minimum atomic E-state index is -0.238. The lowest BCUT2D eigenvalue weighted by Crippen LogP contribution is -2.36. The summed E-state index contributed by atoms with van der Waals surface area (Å²) >= 11 is 0. The molecule has 2 amide bonds. The molecule has 4 nitrogen and oxygen atoms in total. The van der Waals surface area contributed by atoms with Crippen LogP contribution in [0.2, 0.25) is 0 Å². The van der Waals surface area contributed by atoms with Gasteiger partial charge in [-0.2, -0.15) is 0 Å². The summed E-state index contributed by atoms with van der Waals surface area (Å²) < 4.78 is 0. The lowest BCUT2D eigenvalue weighted by molar-refractivity contribution is -0.129. The smallest absolute Gasteiger partial charge is 0.225 e. The van der Waals surface area contributed by atoms with Crippen molar-refractivity contribution in [2.24, 2.45) is 5.41 Å². The molecule has 0 aliphatic heterocycles. The largest absolute Gasteiger partial charge is 0.359 e. The topological polar surface area (TPSA) is 58.2 Å². The maximum absolute atomic E-state index is 11.9.